The molecular weight excluding hydrogens is 252 g/mol. The highest BCUT2D eigenvalue weighted by Crippen LogP contribution is 2.44. The molecule has 1 saturated carbocycles. The minimum atomic E-state index is -0.615. The predicted octanol–water partition coefficient (Wildman–Crippen LogP) is 2.10. The van der Waals surface area contributed by atoms with Gasteiger partial charge < -0.3 is 15.3 Å². The number of nitrogens with zero attached hydrogens (tertiary/aromatic N) is 1. The van der Waals surface area contributed by atoms with Crippen molar-refractivity contribution in [3.8, 4) is 0 Å². The average molecular weight is 274 g/mol. The Morgan fingerprint density at radius 2 is 2.00 bits per heavy atom. The molecule has 1 amide bonds. The lowest BCUT2D eigenvalue weighted by molar-refractivity contribution is -0.0957. The molecule has 0 bridgehead atoms. The number of likely N-dealkylation sites (tertiary alicyclic amines) is 1. The Kier molecular flexibility index (Phi) is 3.21. The quantitative estimate of drug-likeness (QED) is 0.884. The maximum Gasteiger partial charge on any atom is 0.256 e. The first kappa shape index (κ1) is 13.4. The molecule has 2 fully saturated rings. The van der Waals surface area contributed by atoms with Gasteiger partial charge in [0.2, 0.25) is 0 Å². The number of rotatable bonds is 4. The van der Waals surface area contributed by atoms with E-state index < -0.39 is 5.60 Å². The van der Waals surface area contributed by atoms with E-state index in [1.807, 2.05) is 24.3 Å². The molecule has 108 valence electrons. The molecule has 1 heterocycles. The van der Waals surface area contributed by atoms with E-state index in [-0.39, 0.29) is 11.9 Å². The molecule has 4 nitrogen and oxygen atoms in total. The third-order valence-electron chi connectivity index (χ3n) is 4.16. The lowest BCUT2D eigenvalue weighted by Crippen LogP contribution is -2.64. The fourth-order valence-corrected chi connectivity index (χ4v) is 2.91. The average Bonchev–Trinajstić information content (AvgIpc) is 3.18. The van der Waals surface area contributed by atoms with E-state index >= 15 is 0 Å². The highest BCUT2D eigenvalue weighted by atomic mass is 16.3. The van der Waals surface area contributed by atoms with Crippen molar-refractivity contribution in [1.82, 2.24) is 4.90 Å². The minimum absolute atomic E-state index is 0.0130. The monoisotopic (exact) mass is 274 g/mol. The van der Waals surface area contributed by atoms with Crippen LogP contribution in [0, 0.1) is 5.92 Å². The van der Waals surface area contributed by atoms with E-state index in [1.165, 1.54) is 0 Å². The van der Waals surface area contributed by atoms with Crippen LogP contribution in [-0.2, 0) is 0 Å². The largest absolute Gasteiger partial charge is 0.386 e. The molecule has 0 atom stereocenters. The zero-order valence-electron chi connectivity index (χ0n) is 12.1. The zero-order chi connectivity index (χ0) is 14.3. The molecule has 1 aromatic carbocycles. The van der Waals surface area contributed by atoms with Crippen LogP contribution in [0.4, 0.5) is 5.69 Å². The van der Waals surface area contributed by atoms with Crippen molar-refractivity contribution in [2.75, 3.05) is 18.4 Å². The molecular formula is C16H22N2O2. The van der Waals surface area contributed by atoms with Gasteiger partial charge in [-0.05, 0) is 44.7 Å². The number of carbonyl (C=O) groups is 1. The van der Waals surface area contributed by atoms with Crippen LogP contribution in [0.15, 0.2) is 24.3 Å². The Bertz CT molecular complexity index is 517. The highest BCUT2D eigenvalue weighted by molar-refractivity contribution is 6.00. The second-order valence-electron chi connectivity index (χ2n) is 6.38. The summed E-state index contributed by atoms with van der Waals surface area (Å²) in [4.78, 5) is 14.3. The van der Waals surface area contributed by atoms with Crippen LogP contribution in [0.3, 0.4) is 0 Å². The van der Waals surface area contributed by atoms with E-state index in [0.717, 1.165) is 18.5 Å². The Balaban J connectivity index is 1.72. The summed E-state index contributed by atoms with van der Waals surface area (Å²) in [6.45, 7) is 5.06. The smallest absolute Gasteiger partial charge is 0.256 e. The molecule has 4 heteroatoms. The molecule has 1 aromatic rings. The number of hydrogen-bond donors (Lipinski definition) is 2. The van der Waals surface area contributed by atoms with Crippen LogP contribution >= 0.6 is 0 Å². The van der Waals surface area contributed by atoms with Gasteiger partial charge in [-0.1, -0.05) is 12.1 Å². The predicted molar refractivity (Wildman–Crippen MR) is 78.8 cm³/mol. The number of aliphatic hydroxyl groups is 1. The third-order valence-corrected chi connectivity index (χ3v) is 4.16. The molecule has 1 aliphatic carbocycles. The van der Waals surface area contributed by atoms with Crippen LogP contribution in [0.1, 0.15) is 37.0 Å². The number of carbonyl (C=O) groups excluding carboxylic acids is 1. The number of hydrogen-bond acceptors (Lipinski definition) is 3. The van der Waals surface area contributed by atoms with Gasteiger partial charge in [-0.15, -0.1) is 0 Å². The summed E-state index contributed by atoms with van der Waals surface area (Å²) >= 11 is 0. The summed E-state index contributed by atoms with van der Waals surface area (Å²) in [7, 11) is 0. The SMILES string of the molecule is CC(C)Nc1ccccc1C(=O)N1CC(O)(C2CC2)C1. The first-order chi connectivity index (χ1) is 9.49. The second kappa shape index (κ2) is 4.77. The Morgan fingerprint density at radius 3 is 2.60 bits per heavy atom. The van der Waals surface area contributed by atoms with Crippen molar-refractivity contribution >= 4 is 11.6 Å². The molecule has 0 aromatic heterocycles. The van der Waals surface area contributed by atoms with Crippen molar-refractivity contribution < 1.29 is 9.90 Å². The topological polar surface area (TPSA) is 52.6 Å². The molecule has 1 saturated heterocycles. The normalized spacial score (nSPS) is 20.7. The van der Waals surface area contributed by atoms with Gasteiger partial charge in [-0.25, -0.2) is 0 Å². The summed E-state index contributed by atoms with van der Waals surface area (Å²) < 4.78 is 0. The van der Waals surface area contributed by atoms with Crippen LogP contribution < -0.4 is 5.32 Å². The maximum atomic E-state index is 12.5. The summed E-state index contributed by atoms with van der Waals surface area (Å²) in [5.41, 5.74) is 0.948. The number of para-hydroxylation sites is 1. The van der Waals surface area contributed by atoms with Crippen molar-refractivity contribution in [2.45, 2.75) is 38.3 Å². The van der Waals surface area contributed by atoms with Crippen molar-refractivity contribution in [3.05, 3.63) is 29.8 Å². The maximum absolute atomic E-state index is 12.5. The first-order valence-electron chi connectivity index (χ1n) is 7.37. The fourth-order valence-electron chi connectivity index (χ4n) is 2.91. The molecule has 20 heavy (non-hydrogen) atoms. The van der Waals surface area contributed by atoms with Gasteiger partial charge in [0, 0.05) is 11.7 Å². The molecule has 1 aliphatic heterocycles. The van der Waals surface area contributed by atoms with Crippen LogP contribution in [-0.4, -0.2) is 40.6 Å². The number of anilines is 1. The minimum Gasteiger partial charge on any atom is -0.386 e. The lowest BCUT2D eigenvalue weighted by Gasteiger charge is -2.47. The van der Waals surface area contributed by atoms with E-state index in [1.54, 1.807) is 4.90 Å². The van der Waals surface area contributed by atoms with Crippen molar-refractivity contribution in [1.29, 1.82) is 0 Å². The highest BCUT2D eigenvalue weighted by Gasteiger charge is 2.53. The molecule has 3 rings (SSSR count). The summed E-state index contributed by atoms with van der Waals surface area (Å²) in [6, 6.07) is 7.87. The van der Waals surface area contributed by atoms with E-state index in [4.69, 9.17) is 0 Å². The van der Waals surface area contributed by atoms with Crippen LogP contribution in [0.5, 0.6) is 0 Å². The number of amides is 1. The van der Waals surface area contributed by atoms with Crippen molar-refractivity contribution in [3.63, 3.8) is 0 Å². The van der Waals surface area contributed by atoms with Crippen molar-refractivity contribution in [2.24, 2.45) is 5.92 Å². The van der Waals surface area contributed by atoms with Crippen LogP contribution in [0.2, 0.25) is 0 Å². The summed E-state index contributed by atoms with van der Waals surface area (Å²) in [5.74, 6) is 0.426. The van der Waals surface area contributed by atoms with Gasteiger partial charge in [0.25, 0.3) is 5.91 Å². The summed E-state index contributed by atoms with van der Waals surface area (Å²) in [5, 5.41) is 13.6. The molecule has 2 aliphatic rings. The standard InChI is InChI=1S/C16H22N2O2/c1-11(2)17-14-6-4-3-5-13(14)15(19)18-9-16(20,10-18)12-7-8-12/h3-6,11-12,17,20H,7-10H2,1-2H3. The lowest BCUT2D eigenvalue weighted by atomic mass is 9.88. The molecule has 0 radical (unpaired) electrons. The van der Waals surface area contributed by atoms with E-state index in [9.17, 15) is 9.90 Å². The van der Waals surface area contributed by atoms with Gasteiger partial charge in [0.15, 0.2) is 0 Å². The molecule has 0 unspecified atom stereocenters. The first-order valence-corrected chi connectivity index (χ1v) is 7.37. The summed E-state index contributed by atoms with van der Waals surface area (Å²) in [6.07, 6.45) is 2.20. The second-order valence-corrected chi connectivity index (χ2v) is 6.38. The zero-order valence-corrected chi connectivity index (χ0v) is 12.1. The van der Waals surface area contributed by atoms with Gasteiger partial charge >= 0.3 is 0 Å². The molecule has 2 N–H and O–H groups in total. The number of nitrogens with one attached hydrogen (secondary N) is 1. The third kappa shape index (κ3) is 2.40. The Morgan fingerprint density at radius 1 is 1.35 bits per heavy atom. The number of benzene rings is 1. The van der Waals surface area contributed by atoms with E-state index in [2.05, 4.69) is 19.2 Å². The number of β-amino-alcohol motifs (C(OH)–C–C–N with tert-alkyl or cyclic N) is 1. The van der Waals surface area contributed by atoms with Gasteiger partial charge in [0.05, 0.1) is 18.7 Å². The Hall–Kier alpha value is -1.55. The van der Waals surface area contributed by atoms with Crippen LogP contribution in [0.25, 0.3) is 0 Å². The fraction of sp³-hybridized carbons (Fsp3) is 0.562. The molecule has 0 spiro atoms. The Labute approximate surface area is 119 Å². The van der Waals surface area contributed by atoms with Gasteiger partial charge in [0.1, 0.15) is 5.60 Å². The van der Waals surface area contributed by atoms with E-state index in [0.29, 0.717) is 24.6 Å². The van der Waals surface area contributed by atoms with Gasteiger partial charge in [-0.2, -0.15) is 0 Å². The van der Waals surface area contributed by atoms with Gasteiger partial charge in [-0.3, -0.25) is 4.79 Å².